The minimum Gasteiger partial charge on any atom is -0.384 e. The molecule has 0 saturated heterocycles. The minimum atomic E-state index is 0.0677. The zero-order valence-electron chi connectivity index (χ0n) is 10.4. The molecule has 0 spiro atoms. The van der Waals surface area contributed by atoms with Gasteiger partial charge in [0.2, 0.25) is 0 Å². The Morgan fingerprint density at radius 3 is 2.62 bits per heavy atom. The molecule has 1 aromatic rings. The van der Waals surface area contributed by atoms with Crippen LogP contribution in [0.5, 0.6) is 0 Å². The molecule has 4 nitrogen and oxygen atoms in total. The van der Waals surface area contributed by atoms with Crippen LogP contribution in [0.1, 0.15) is 25.1 Å². The summed E-state index contributed by atoms with van der Waals surface area (Å²) < 4.78 is 0. The quantitative estimate of drug-likeness (QED) is 0.600. The summed E-state index contributed by atoms with van der Waals surface area (Å²) in [6.45, 7) is 7.15. The van der Waals surface area contributed by atoms with E-state index in [1.807, 2.05) is 26.1 Å². The first-order chi connectivity index (χ1) is 7.41. The normalized spacial score (nSPS) is 10.6. The van der Waals surface area contributed by atoms with Crippen molar-refractivity contribution in [3.63, 3.8) is 0 Å². The Morgan fingerprint density at radius 2 is 2.12 bits per heavy atom. The molecular formula is C12H20N4. The van der Waals surface area contributed by atoms with Gasteiger partial charge in [-0.15, -0.1) is 0 Å². The van der Waals surface area contributed by atoms with E-state index in [1.54, 1.807) is 0 Å². The molecule has 0 aliphatic rings. The summed E-state index contributed by atoms with van der Waals surface area (Å²) in [6.07, 6.45) is 0. The predicted octanol–water partition coefficient (Wildman–Crippen LogP) is 1.77. The first-order valence-electron chi connectivity index (χ1n) is 5.45. The summed E-state index contributed by atoms with van der Waals surface area (Å²) in [5, 5.41) is 7.53. The number of nitrogens with two attached hydrogens (primary N) is 1. The number of aromatic nitrogens is 1. The van der Waals surface area contributed by atoms with Gasteiger partial charge in [-0.05, 0) is 25.0 Å². The van der Waals surface area contributed by atoms with Gasteiger partial charge in [-0.2, -0.15) is 0 Å². The molecule has 0 fully saturated rings. The Balaban J connectivity index is 3.09. The van der Waals surface area contributed by atoms with Gasteiger partial charge in [0.1, 0.15) is 11.7 Å². The number of pyridine rings is 1. The molecule has 0 atom stereocenters. The lowest BCUT2D eigenvalue weighted by atomic mass is 10.1. The maximum Gasteiger partial charge on any atom is 0.139 e. The highest BCUT2D eigenvalue weighted by molar-refractivity contribution is 5.99. The molecule has 0 radical (unpaired) electrons. The molecule has 0 aliphatic heterocycles. The Morgan fingerprint density at radius 1 is 1.50 bits per heavy atom. The molecule has 4 heteroatoms. The first kappa shape index (κ1) is 12.5. The summed E-state index contributed by atoms with van der Waals surface area (Å²) in [7, 11) is 1.98. The molecular weight excluding hydrogens is 200 g/mol. The minimum absolute atomic E-state index is 0.0677. The summed E-state index contributed by atoms with van der Waals surface area (Å²) in [4.78, 5) is 6.50. The molecule has 16 heavy (non-hydrogen) atoms. The van der Waals surface area contributed by atoms with Crippen molar-refractivity contribution in [1.29, 1.82) is 5.41 Å². The van der Waals surface area contributed by atoms with Crippen LogP contribution in [0.2, 0.25) is 0 Å². The number of rotatable bonds is 4. The third-order valence-electron chi connectivity index (χ3n) is 2.31. The number of nitrogen functional groups attached to an aromatic ring is 1. The fourth-order valence-electron chi connectivity index (χ4n) is 1.68. The molecule has 0 aliphatic carbocycles. The largest absolute Gasteiger partial charge is 0.384 e. The van der Waals surface area contributed by atoms with E-state index in [1.165, 1.54) is 0 Å². The highest BCUT2D eigenvalue weighted by Gasteiger charge is 2.12. The van der Waals surface area contributed by atoms with Crippen molar-refractivity contribution in [3.8, 4) is 0 Å². The number of hydrogen-bond acceptors (Lipinski definition) is 3. The average molecular weight is 220 g/mol. The van der Waals surface area contributed by atoms with Crippen LogP contribution < -0.4 is 10.6 Å². The van der Waals surface area contributed by atoms with Gasteiger partial charge in [0.15, 0.2) is 0 Å². The maximum atomic E-state index is 7.53. The van der Waals surface area contributed by atoms with Crippen LogP contribution in [0.25, 0.3) is 0 Å². The predicted molar refractivity (Wildman–Crippen MR) is 68.1 cm³/mol. The maximum absolute atomic E-state index is 7.53. The molecule has 1 heterocycles. The molecule has 0 bridgehead atoms. The summed E-state index contributed by atoms with van der Waals surface area (Å²) in [6, 6.07) is 3.74. The molecule has 1 rings (SSSR count). The Bertz CT molecular complexity index is 385. The fourth-order valence-corrected chi connectivity index (χ4v) is 1.68. The second kappa shape index (κ2) is 4.96. The van der Waals surface area contributed by atoms with Gasteiger partial charge in [-0.1, -0.05) is 13.8 Å². The lowest BCUT2D eigenvalue weighted by Crippen LogP contribution is -2.27. The zero-order chi connectivity index (χ0) is 12.3. The average Bonchev–Trinajstić information content (AvgIpc) is 2.15. The van der Waals surface area contributed by atoms with Gasteiger partial charge in [-0.25, -0.2) is 4.98 Å². The number of nitrogens with zero attached hydrogens (tertiary/aromatic N) is 2. The summed E-state index contributed by atoms with van der Waals surface area (Å²) in [5.41, 5.74) is 7.19. The van der Waals surface area contributed by atoms with E-state index < -0.39 is 0 Å². The third-order valence-corrected chi connectivity index (χ3v) is 2.31. The molecule has 0 amide bonds. The number of amidine groups is 1. The number of aryl methyl sites for hydroxylation is 1. The van der Waals surface area contributed by atoms with E-state index in [4.69, 9.17) is 11.1 Å². The fraction of sp³-hybridized carbons (Fsp3) is 0.500. The number of hydrogen-bond donors (Lipinski definition) is 2. The van der Waals surface area contributed by atoms with Crippen LogP contribution >= 0.6 is 0 Å². The van der Waals surface area contributed by atoms with Crippen molar-refractivity contribution in [1.82, 2.24) is 4.98 Å². The second-order valence-electron chi connectivity index (χ2n) is 4.51. The van der Waals surface area contributed by atoms with Gasteiger partial charge in [0.05, 0.1) is 5.56 Å². The molecule has 1 aromatic heterocycles. The molecule has 88 valence electrons. The van der Waals surface area contributed by atoms with Crippen LogP contribution in [0, 0.1) is 18.3 Å². The highest BCUT2D eigenvalue weighted by atomic mass is 15.2. The van der Waals surface area contributed by atoms with E-state index in [-0.39, 0.29) is 5.84 Å². The Kier molecular flexibility index (Phi) is 3.88. The van der Waals surface area contributed by atoms with Gasteiger partial charge >= 0.3 is 0 Å². The smallest absolute Gasteiger partial charge is 0.139 e. The molecule has 0 unspecified atom stereocenters. The number of anilines is 1. The van der Waals surface area contributed by atoms with Gasteiger partial charge in [0, 0.05) is 19.3 Å². The second-order valence-corrected chi connectivity index (χ2v) is 4.51. The first-order valence-corrected chi connectivity index (χ1v) is 5.45. The van der Waals surface area contributed by atoms with Crippen molar-refractivity contribution in [3.05, 3.63) is 23.4 Å². The van der Waals surface area contributed by atoms with Gasteiger partial charge < -0.3 is 10.6 Å². The van der Waals surface area contributed by atoms with Crippen LogP contribution in [-0.4, -0.2) is 24.4 Å². The zero-order valence-corrected chi connectivity index (χ0v) is 10.4. The third kappa shape index (κ3) is 2.95. The Hall–Kier alpha value is -1.58. The lowest BCUT2D eigenvalue weighted by molar-refractivity contribution is 0.634. The van der Waals surface area contributed by atoms with Crippen molar-refractivity contribution >= 4 is 11.7 Å². The summed E-state index contributed by atoms with van der Waals surface area (Å²) in [5.74, 6) is 1.41. The lowest BCUT2D eigenvalue weighted by Gasteiger charge is -2.23. The Labute approximate surface area is 97.0 Å². The summed E-state index contributed by atoms with van der Waals surface area (Å²) >= 11 is 0. The van der Waals surface area contributed by atoms with E-state index in [0.717, 1.165) is 18.1 Å². The van der Waals surface area contributed by atoms with E-state index in [2.05, 4.69) is 23.7 Å². The number of nitrogens with one attached hydrogen (secondary N) is 1. The SMILES string of the molecule is Cc1ccc(C(=N)N)c(N(C)CC(C)C)n1. The van der Waals surface area contributed by atoms with Crippen LogP contribution in [0.15, 0.2) is 12.1 Å². The van der Waals surface area contributed by atoms with E-state index in [0.29, 0.717) is 11.5 Å². The van der Waals surface area contributed by atoms with Crippen molar-refractivity contribution in [2.45, 2.75) is 20.8 Å². The van der Waals surface area contributed by atoms with Crippen molar-refractivity contribution in [2.24, 2.45) is 11.7 Å². The topological polar surface area (TPSA) is 66.0 Å². The molecule has 3 N–H and O–H groups in total. The highest BCUT2D eigenvalue weighted by Crippen LogP contribution is 2.17. The van der Waals surface area contributed by atoms with Crippen LogP contribution in [0.3, 0.4) is 0 Å². The van der Waals surface area contributed by atoms with Crippen molar-refractivity contribution < 1.29 is 0 Å². The van der Waals surface area contributed by atoms with Gasteiger partial charge in [-0.3, -0.25) is 5.41 Å². The van der Waals surface area contributed by atoms with E-state index >= 15 is 0 Å². The van der Waals surface area contributed by atoms with Crippen LogP contribution in [0.4, 0.5) is 5.82 Å². The molecule has 0 aromatic carbocycles. The van der Waals surface area contributed by atoms with E-state index in [9.17, 15) is 0 Å². The van der Waals surface area contributed by atoms with Gasteiger partial charge in [0.25, 0.3) is 0 Å². The standard InChI is InChI=1S/C12H20N4/c1-8(2)7-16(4)12-10(11(13)14)6-5-9(3)15-12/h5-6,8H,7H2,1-4H3,(H3,13,14). The molecule has 0 saturated carbocycles. The monoisotopic (exact) mass is 220 g/mol. The van der Waals surface area contributed by atoms with Crippen molar-refractivity contribution in [2.75, 3.05) is 18.5 Å². The van der Waals surface area contributed by atoms with Crippen LogP contribution in [-0.2, 0) is 0 Å².